The highest BCUT2D eigenvalue weighted by atomic mass is 16.5. The minimum absolute atomic E-state index is 0.160. The Morgan fingerprint density at radius 2 is 2.12 bits per heavy atom. The molecular formula is C13H16NO2+. The van der Waals surface area contributed by atoms with E-state index in [4.69, 9.17) is 9.84 Å². The van der Waals surface area contributed by atoms with Gasteiger partial charge in [-0.3, -0.25) is 0 Å². The molecule has 0 aliphatic carbocycles. The van der Waals surface area contributed by atoms with Crippen molar-refractivity contribution in [3.8, 4) is 5.75 Å². The number of aliphatic hydroxyl groups is 1. The molecule has 2 aromatic rings. The molecule has 0 saturated carbocycles. The van der Waals surface area contributed by atoms with Crippen molar-refractivity contribution in [3.63, 3.8) is 0 Å². The zero-order valence-corrected chi connectivity index (χ0v) is 9.39. The van der Waals surface area contributed by atoms with E-state index in [1.165, 1.54) is 0 Å². The molecule has 0 fully saturated rings. The third kappa shape index (κ3) is 2.31. The highest BCUT2D eigenvalue weighted by Crippen LogP contribution is 2.19. The Kier molecular flexibility index (Phi) is 3.37. The van der Waals surface area contributed by atoms with Gasteiger partial charge >= 0.3 is 0 Å². The van der Waals surface area contributed by atoms with Gasteiger partial charge in [0.15, 0.2) is 18.9 Å². The zero-order valence-electron chi connectivity index (χ0n) is 9.39. The smallest absolute Gasteiger partial charge is 0.176 e. The van der Waals surface area contributed by atoms with E-state index in [1.807, 2.05) is 48.1 Å². The predicted molar refractivity (Wildman–Crippen MR) is 62.4 cm³/mol. The van der Waals surface area contributed by atoms with Crippen LogP contribution in [-0.4, -0.2) is 18.3 Å². The molecule has 0 spiro atoms. The lowest BCUT2D eigenvalue weighted by molar-refractivity contribution is -0.696. The van der Waals surface area contributed by atoms with Crippen molar-refractivity contribution >= 4 is 10.8 Å². The normalized spacial score (nSPS) is 10.6. The molecule has 1 aromatic heterocycles. The van der Waals surface area contributed by atoms with E-state index >= 15 is 0 Å². The molecule has 3 heteroatoms. The van der Waals surface area contributed by atoms with Crippen molar-refractivity contribution in [3.05, 3.63) is 36.7 Å². The van der Waals surface area contributed by atoms with Crippen LogP contribution in [0.1, 0.15) is 6.92 Å². The van der Waals surface area contributed by atoms with Gasteiger partial charge in [-0.1, -0.05) is 0 Å². The number of nitrogens with zero attached hydrogens (tertiary/aromatic N) is 1. The topological polar surface area (TPSA) is 33.3 Å². The highest BCUT2D eigenvalue weighted by molar-refractivity contribution is 5.82. The minimum Gasteiger partial charge on any atom is -0.494 e. The predicted octanol–water partition coefficient (Wildman–Crippen LogP) is 1.52. The molecular weight excluding hydrogens is 202 g/mol. The lowest BCUT2D eigenvalue weighted by Crippen LogP contribution is -2.34. The van der Waals surface area contributed by atoms with Gasteiger partial charge in [-0.2, -0.15) is 0 Å². The van der Waals surface area contributed by atoms with E-state index in [0.29, 0.717) is 13.2 Å². The summed E-state index contributed by atoms with van der Waals surface area (Å²) in [4.78, 5) is 0. The standard InChI is InChI=1S/C13H16NO2/c1-2-16-13-4-3-12-10-14(7-8-15)6-5-11(12)9-13/h3-6,9-10,15H,2,7-8H2,1H3/q+1. The molecule has 1 N–H and O–H groups in total. The average Bonchev–Trinajstić information content (AvgIpc) is 2.30. The van der Waals surface area contributed by atoms with Crippen molar-refractivity contribution in [2.24, 2.45) is 0 Å². The first-order valence-corrected chi connectivity index (χ1v) is 5.50. The summed E-state index contributed by atoms with van der Waals surface area (Å²) in [6.45, 7) is 3.45. The number of rotatable bonds is 4. The largest absolute Gasteiger partial charge is 0.494 e. The third-order valence-corrected chi connectivity index (χ3v) is 2.48. The molecule has 0 amide bonds. The van der Waals surface area contributed by atoms with Gasteiger partial charge in [0.05, 0.1) is 6.61 Å². The number of benzene rings is 1. The molecule has 1 aromatic carbocycles. The number of aromatic nitrogens is 1. The summed E-state index contributed by atoms with van der Waals surface area (Å²) in [5.41, 5.74) is 0. The van der Waals surface area contributed by atoms with Gasteiger partial charge in [-0.25, -0.2) is 4.57 Å². The quantitative estimate of drug-likeness (QED) is 0.789. The van der Waals surface area contributed by atoms with Crippen LogP contribution in [0.2, 0.25) is 0 Å². The Balaban J connectivity index is 2.36. The Morgan fingerprint density at radius 1 is 1.25 bits per heavy atom. The van der Waals surface area contributed by atoms with E-state index < -0.39 is 0 Å². The van der Waals surface area contributed by atoms with Gasteiger partial charge in [-0.05, 0) is 30.5 Å². The van der Waals surface area contributed by atoms with Crippen LogP contribution in [0.3, 0.4) is 0 Å². The number of aliphatic hydroxyl groups excluding tert-OH is 1. The molecule has 0 unspecified atom stereocenters. The van der Waals surface area contributed by atoms with E-state index in [2.05, 4.69) is 0 Å². The maximum absolute atomic E-state index is 8.87. The molecule has 0 atom stereocenters. The number of fused-ring (bicyclic) bond motifs is 1. The summed E-state index contributed by atoms with van der Waals surface area (Å²) >= 11 is 0. The maximum atomic E-state index is 8.87. The van der Waals surface area contributed by atoms with E-state index in [9.17, 15) is 0 Å². The molecule has 3 nitrogen and oxygen atoms in total. The van der Waals surface area contributed by atoms with Crippen LogP contribution < -0.4 is 9.30 Å². The van der Waals surface area contributed by atoms with Gasteiger partial charge in [0.1, 0.15) is 12.4 Å². The second-order valence-electron chi connectivity index (χ2n) is 3.63. The second-order valence-corrected chi connectivity index (χ2v) is 3.63. The van der Waals surface area contributed by atoms with Crippen LogP contribution in [0.5, 0.6) is 5.75 Å². The number of ether oxygens (including phenoxy) is 1. The monoisotopic (exact) mass is 218 g/mol. The summed E-state index contributed by atoms with van der Waals surface area (Å²) in [6, 6.07) is 8.07. The van der Waals surface area contributed by atoms with Crippen LogP contribution >= 0.6 is 0 Å². The first kappa shape index (κ1) is 10.9. The fourth-order valence-electron chi connectivity index (χ4n) is 1.72. The highest BCUT2D eigenvalue weighted by Gasteiger charge is 2.03. The third-order valence-electron chi connectivity index (χ3n) is 2.48. The van der Waals surface area contributed by atoms with Gasteiger partial charge in [-0.15, -0.1) is 0 Å². The Morgan fingerprint density at radius 3 is 2.88 bits per heavy atom. The van der Waals surface area contributed by atoms with Gasteiger partial charge in [0.2, 0.25) is 0 Å². The fraction of sp³-hybridized carbons (Fsp3) is 0.308. The maximum Gasteiger partial charge on any atom is 0.176 e. The number of hydrogen-bond donors (Lipinski definition) is 1. The molecule has 0 saturated heterocycles. The van der Waals surface area contributed by atoms with Crippen LogP contribution in [0, 0.1) is 0 Å². The van der Waals surface area contributed by atoms with Crippen LogP contribution in [0.25, 0.3) is 10.8 Å². The summed E-state index contributed by atoms with van der Waals surface area (Å²) in [7, 11) is 0. The zero-order chi connectivity index (χ0) is 11.4. The van der Waals surface area contributed by atoms with Crippen molar-refractivity contribution in [2.45, 2.75) is 13.5 Å². The van der Waals surface area contributed by atoms with Crippen molar-refractivity contribution in [2.75, 3.05) is 13.2 Å². The lowest BCUT2D eigenvalue weighted by atomic mass is 10.2. The SMILES string of the molecule is CCOc1ccc2c[n+](CCO)ccc2c1. The van der Waals surface area contributed by atoms with Gasteiger partial charge in [0, 0.05) is 11.5 Å². The van der Waals surface area contributed by atoms with Crippen LogP contribution in [0.15, 0.2) is 36.7 Å². The summed E-state index contributed by atoms with van der Waals surface area (Å²) in [5, 5.41) is 11.2. The van der Waals surface area contributed by atoms with Gasteiger partial charge < -0.3 is 9.84 Å². The molecule has 0 bridgehead atoms. The lowest BCUT2D eigenvalue weighted by Gasteiger charge is -2.03. The second kappa shape index (κ2) is 4.94. The molecule has 1 heterocycles. The van der Waals surface area contributed by atoms with Crippen LogP contribution in [-0.2, 0) is 6.54 Å². The number of hydrogen-bond acceptors (Lipinski definition) is 2. The van der Waals surface area contributed by atoms with Crippen molar-refractivity contribution in [1.82, 2.24) is 0 Å². The van der Waals surface area contributed by atoms with Crippen LogP contribution in [0.4, 0.5) is 0 Å². The first-order valence-electron chi connectivity index (χ1n) is 5.50. The molecule has 2 rings (SSSR count). The average molecular weight is 218 g/mol. The first-order chi connectivity index (χ1) is 7.83. The van der Waals surface area contributed by atoms with Crippen molar-refractivity contribution < 1.29 is 14.4 Å². The van der Waals surface area contributed by atoms with E-state index in [1.54, 1.807) is 0 Å². The number of pyridine rings is 1. The fourth-order valence-corrected chi connectivity index (χ4v) is 1.72. The summed E-state index contributed by atoms with van der Waals surface area (Å²) < 4.78 is 7.42. The molecule has 16 heavy (non-hydrogen) atoms. The van der Waals surface area contributed by atoms with E-state index in [-0.39, 0.29) is 6.61 Å². The van der Waals surface area contributed by atoms with Gasteiger partial charge in [0.25, 0.3) is 0 Å². The molecule has 0 aliphatic heterocycles. The Bertz CT molecular complexity index is 437. The molecule has 0 aliphatic rings. The summed E-state index contributed by atoms with van der Waals surface area (Å²) in [6.07, 6.45) is 4.00. The molecule has 84 valence electrons. The minimum atomic E-state index is 0.160. The van der Waals surface area contributed by atoms with Crippen molar-refractivity contribution in [1.29, 1.82) is 0 Å². The Hall–Kier alpha value is -1.61. The Labute approximate surface area is 94.9 Å². The molecule has 0 radical (unpaired) electrons. The summed E-state index contributed by atoms with van der Waals surface area (Å²) in [5.74, 6) is 0.898. The van der Waals surface area contributed by atoms with E-state index in [0.717, 1.165) is 16.5 Å².